The Bertz CT molecular complexity index is 521. The lowest BCUT2D eigenvalue weighted by Gasteiger charge is -2.26. The molecule has 98 valence electrons. The third-order valence-electron chi connectivity index (χ3n) is 3.18. The van der Waals surface area contributed by atoms with E-state index < -0.39 is 0 Å². The van der Waals surface area contributed by atoms with E-state index in [2.05, 4.69) is 34.5 Å². The van der Waals surface area contributed by atoms with Crippen LogP contribution in [-0.2, 0) is 6.54 Å². The molecule has 0 bridgehead atoms. The average molecular weight is 303 g/mol. The molecule has 0 unspecified atom stereocenters. The zero-order chi connectivity index (χ0) is 11.7. The van der Waals surface area contributed by atoms with E-state index in [9.17, 15) is 0 Å². The van der Waals surface area contributed by atoms with Gasteiger partial charge in [0, 0.05) is 47.7 Å². The maximum absolute atomic E-state index is 6.44. The summed E-state index contributed by atoms with van der Waals surface area (Å²) in [4.78, 5) is 3.77. The van der Waals surface area contributed by atoms with E-state index in [1.54, 1.807) is 0 Å². The van der Waals surface area contributed by atoms with Gasteiger partial charge < -0.3 is 5.32 Å². The first-order chi connectivity index (χ1) is 8.34. The quantitative estimate of drug-likeness (QED) is 0.915. The Labute approximate surface area is 122 Å². The van der Waals surface area contributed by atoms with Crippen LogP contribution < -0.4 is 5.32 Å². The van der Waals surface area contributed by atoms with Crippen LogP contribution in [0.15, 0.2) is 24.3 Å². The molecule has 0 amide bonds. The van der Waals surface area contributed by atoms with Gasteiger partial charge in [-0.1, -0.05) is 29.8 Å². The average Bonchev–Trinajstić information content (AvgIpc) is 2.68. The summed E-state index contributed by atoms with van der Waals surface area (Å²) >= 11 is 8.27. The van der Waals surface area contributed by atoms with Crippen molar-refractivity contribution in [3.05, 3.63) is 34.2 Å². The van der Waals surface area contributed by atoms with Gasteiger partial charge in [-0.3, -0.25) is 4.90 Å². The molecule has 0 saturated carbocycles. The van der Waals surface area contributed by atoms with Crippen molar-refractivity contribution in [2.45, 2.75) is 6.54 Å². The fourth-order valence-electron chi connectivity index (χ4n) is 2.24. The zero-order valence-corrected chi connectivity index (χ0v) is 12.4. The molecule has 3 rings (SSSR count). The molecule has 2 nitrogen and oxygen atoms in total. The summed E-state index contributed by atoms with van der Waals surface area (Å²) in [5.41, 5.74) is 0. The molecule has 0 atom stereocenters. The van der Waals surface area contributed by atoms with Crippen LogP contribution >= 0.6 is 35.3 Å². The molecule has 0 radical (unpaired) electrons. The van der Waals surface area contributed by atoms with E-state index in [4.69, 9.17) is 11.6 Å². The van der Waals surface area contributed by atoms with Crippen LogP contribution in [0, 0.1) is 0 Å². The topological polar surface area (TPSA) is 15.3 Å². The summed E-state index contributed by atoms with van der Waals surface area (Å²) in [6.07, 6.45) is 0. The Balaban J connectivity index is 0.00000120. The molecule has 2 heterocycles. The Morgan fingerprint density at radius 2 is 1.94 bits per heavy atom. The number of rotatable bonds is 2. The van der Waals surface area contributed by atoms with Crippen molar-refractivity contribution in [3.63, 3.8) is 0 Å². The molecule has 0 aliphatic carbocycles. The predicted molar refractivity (Wildman–Crippen MR) is 82.2 cm³/mol. The summed E-state index contributed by atoms with van der Waals surface area (Å²) in [5.74, 6) is 0. The molecular weight excluding hydrogens is 287 g/mol. The van der Waals surface area contributed by atoms with Crippen LogP contribution in [0.25, 0.3) is 10.1 Å². The van der Waals surface area contributed by atoms with Gasteiger partial charge in [-0.15, -0.1) is 23.7 Å². The third kappa shape index (κ3) is 2.81. The molecule has 1 N–H and O–H groups in total. The van der Waals surface area contributed by atoms with E-state index in [0.717, 1.165) is 37.7 Å². The number of thiophene rings is 1. The fourth-order valence-corrected chi connectivity index (χ4v) is 3.77. The van der Waals surface area contributed by atoms with Gasteiger partial charge in [0.25, 0.3) is 0 Å². The number of nitrogens with one attached hydrogen (secondary N) is 1. The van der Waals surface area contributed by atoms with Crippen molar-refractivity contribution in [3.8, 4) is 0 Å². The normalized spacial score (nSPS) is 16.7. The van der Waals surface area contributed by atoms with Crippen LogP contribution in [0.2, 0.25) is 5.02 Å². The highest BCUT2D eigenvalue weighted by Gasteiger charge is 2.15. The Morgan fingerprint density at radius 1 is 1.22 bits per heavy atom. The Hall–Kier alpha value is -0.320. The van der Waals surface area contributed by atoms with Gasteiger partial charge in [0.1, 0.15) is 0 Å². The summed E-state index contributed by atoms with van der Waals surface area (Å²) in [6, 6.07) is 8.38. The van der Waals surface area contributed by atoms with Gasteiger partial charge in [-0.25, -0.2) is 0 Å². The summed E-state index contributed by atoms with van der Waals surface area (Å²) in [5, 5.41) is 5.52. The lowest BCUT2D eigenvalue weighted by Crippen LogP contribution is -2.42. The molecule has 18 heavy (non-hydrogen) atoms. The molecule has 1 aliphatic heterocycles. The highest BCUT2D eigenvalue weighted by molar-refractivity contribution is 7.19. The highest BCUT2D eigenvalue weighted by Crippen LogP contribution is 2.35. The molecule has 5 heteroatoms. The second-order valence-corrected chi connectivity index (χ2v) is 5.88. The smallest absolute Gasteiger partial charge is 0.0637 e. The second kappa shape index (κ2) is 6.22. The van der Waals surface area contributed by atoms with Crippen LogP contribution in [0.1, 0.15) is 4.88 Å². The first kappa shape index (κ1) is 14.1. The maximum Gasteiger partial charge on any atom is 0.0637 e. The molecule has 1 aromatic carbocycles. The highest BCUT2D eigenvalue weighted by atomic mass is 35.5. The fraction of sp³-hybridized carbons (Fsp3) is 0.385. The van der Waals surface area contributed by atoms with E-state index in [1.165, 1.54) is 15.0 Å². The molecular formula is C13H16Cl2N2S. The third-order valence-corrected chi connectivity index (χ3v) is 4.88. The number of nitrogens with zero attached hydrogens (tertiary/aromatic N) is 1. The molecule has 2 aromatic rings. The minimum absolute atomic E-state index is 0. The minimum atomic E-state index is 0. The zero-order valence-electron chi connectivity index (χ0n) is 9.99. The van der Waals surface area contributed by atoms with Crippen LogP contribution in [-0.4, -0.2) is 31.1 Å². The molecule has 1 aromatic heterocycles. The SMILES string of the molecule is Cl.Clc1c(CN2CCNCC2)sc2ccccc12. The maximum atomic E-state index is 6.44. The number of fused-ring (bicyclic) bond motifs is 1. The lowest BCUT2D eigenvalue weighted by molar-refractivity contribution is 0.235. The molecule has 1 saturated heterocycles. The predicted octanol–water partition coefficient (Wildman–Crippen LogP) is 3.38. The molecule has 0 spiro atoms. The van der Waals surface area contributed by atoms with Gasteiger partial charge >= 0.3 is 0 Å². The number of hydrogen-bond donors (Lipinski definition) is 1. The van der Waals surface area contributed by atoms with Gasteiger partial charge in [0.15, 0.2) is 0 Å². The lowest BCUT2D eigenvalue weighted by atomic mass is 10.2. The Morgan fingerprint density at radius 3 is 2.67 bits per heavy atom. The monoisotopic (exact) mass is 302 g/mol. The van der Waals surface area contributed by atoms with Gasteiger partial charge in [-0.05, 0) is 6.07 Å². The van der Waals surface area contributed by atoms with Crippen LogP contribution in [0.5, 0.6) is 0 Å². The first-order valence-electron chi connectivity index (χ1n) is 5.93. The molecule has 1 fully saturated rings. The summed E-state index contributed by atoms with van der Waals surface area (Å²) < 4.78 is 1.29. The van der Waals surface area contributed by atoms with Gasteiger partial charge in [0.05, 0.1) is 5.02 Å². The van der Waals surface area contributed by atoms with E-state index in [-0.39, 0.29) is 12.4 Å². The largest absolute Gasteiger partial charge is 0.314 e. The van der Waals surface area contributed by atoms with Gasteiger partial charge in [0.2, 0.25) is 0 Å². The number of benzene rings is 1. The number of hydrogen-bond acceptors (Lipinski definition) is 3. The second-order valence-electron chi connectivity index (χ2n) is 4.36. The van der Waals surface area contributed by atoms with E-state index >= 15 is 0 Å². The van der Waals surface area contributed by atoms with Crippen molar-refractivity contribution in [2.75, 3.05) is 26.2 Å². The first-order valence-corrected chi connectivity index (χ1v) is 7.13. The number of piperazine rings is 1. The summed E-state index contributed by atoms with van der Waals surface area (Å²) in [6.45, 7) is 5.39. The van der Waals surface area contributed by atoms with Crippen molar-refractivity contribution >= 4 is 45.4 Å². The van der Waals surface area contributed by atoms with E-state index in [0.29, 0.717) is 0 Å². The molecule has 1 aliphatic rings. The van der Waals surface area contributed by atoms with Crippen molar-refractivity contribution < 1.29 is 0 Å². The van der Waals surface area contributed by atoms with Crippen molar-refractivity contribution in [1.82, 2.24) is 10.2 Å². The Kier molecular flexibility index (Phi) is 4.87. The van der Waals surface area contributed by atoms with Crippen LogP contribution in [0.3, 0.4) is 0 Å². The van der Waals surface area contributed by atoms with Crippen molar-refractivity contribution in [2.24, 2.45) is 0 Å². The standard InChI is InChI=1S/C13H15ClN2S.ClH/c14-13-10-3-1-2-4-11(10)17-12(13)9-16-7-5-15-6-8-16;/h1-4,15H,5-9H2;1H. The minimum Gasteiger partial charge on any atom is -0.314 e. The van der Waals surface area contributed by atoms with E-state index in [1.807, 2.05) is 11.3 Å². The number of halogens is 2. The van der Waals surface area contributed by atoms with Crippen molar-refractivity contribution in [1.29, 1.82) is 0 Å². The van der Waals surface area contributed by atoms with Crippen LogP contribution in [0.4, 0.5) is 0 Å². The summed E-state index contributed by atoms with van der Waals surface area (Å²) in [7, 11) is 0. The van der Waals surface area contributed by atoms with Gasteiger partial charge in [-0.2, -0.15) is 0 Å².